The minimum absolute atomic E-state index is 0.123. The number of rotatable bonds is 5. The summed E-state index contributed by atoms with van der Waals surface area (Å²) in [4.78, 5) is 16.6. The third kappa shape index (κ3) is 2.97. The first-order valence-electron chi connectivity index (χ1n) is 5.57. The molecule has 0 radical (unpaired) electrons. The molecule has 0 spiro atoms. The molecule has 1 fully saturated rings. The zero-order chi connectivity index (χ0) is 11.2. The van der Waals surface area contributed by atoms with Gasteiger partial charge in [0.2, 0.25) is 5.91 Å². The largest absolute Gasteiger partial charge is 0.356 e. The highest BCUT2D eigenvalue weighted by molar-refractivity contribution is 5.80. The molecule has 0 aromatic heterocycles. The molecule has 86 valence electrons. The Labute approximate surface area is 94.9 Å². The molecule has 1 amide bonds. The molecule has 1 saturated heterocycles. The van der Waals surface area contributed by atoms with Crippen LogP contribution in [0.1, 0.15) is 12.8 Å². The first-order valence-corrected chi connectivity index (χ1v) is 5.57. The van der Waals surface area contributed by atoms with Gasteiger partial charge in [-0.25, -0.2) is 0 Å². The van der Waals surface area contributed by atoms with Crippen LogP contribution >= 0.6 is 0 Å². The highest BCUT2D eigenvalue weighted by Crippen LogP contribution is 2.13. The average molecular weight is 220 g/mol. The van der Waals surface area contributed by atoms with Gasteiger partial charge in [0.1, 0.15) is 0 Å². The van der Waals surface area contributed by atoms with Crippen LogP contribution in [0.25, 0.3) is 0 Å². The van der Waals surface area contributed by atoms with E-state index in [9.17, 15) is 4.79 Å². The van der Waals surface area contributed by atoms with E-state index in [-0.39, 0.29) is 11.8 Å². The second kappa shape index (κ2) is 5.51. The van der Waals surface area contributed by atoms with Gasteiger partial charge in [-0.05, 0) is 25.0 Å². The smallest absolute Gasteiger partial charge is 0.223 e. The summed E-state index contributed by atoms with van der Waals surface area (Å²) in [5, 5.41) is 2.81. The van der Waals surface area contributed by atoms with Crippen LogP contribution in [0.5, 0.6) is 0 Å². The van der Waals surface area contributed by atoms with Crippen molar-refractivity contribution >= 4 is 11.6 Å². The minimum Gasteiger partial charge on any atom is -0.356 e. The molecule has 0 bridgehead atoms. The molecule has 0 saturated carbocycles. The van der Waals surface area contributed by atoms with Crippen molar-refractivity contribution in [2.24, 2.45) is 5.92 Å². The molecule has 0 aliphatic carbocycles. The first-order chi connectivity index (χ1) is 7.86. The van der Waals surface area contributed by atoms with Crippen LogP contribution in [0.2, 0.25) is 0 Å². The number of carbonyl (C=O) groups is 1. The van der Waals surface area contributed by atoms with Crippen LogP contribution in [-0.2, 0) is 9.63 Å². The SMILES string of the molecule is O=C1NCCC1CCONc1ccccc1. The van der Waals surface area contributed by atoms with Crippen molar-refractivity contribution in [2.45, 2.75) is 12.8 Å². The van der Waals surface area contributed by atoms with Gasteiger partial charge in [0.15, 0.2) is 0 Å². The fraction of sp³-hybridized carbons (Fsp3) is 0.417. The maximum atomic E-state index is 11.3. The summed E-state index contributed by atoms with van der Waals surface area (Å²) in [5.74, 6) is 0.279. The third-order valence-electron chi connectivity index (χ3n) is 2.70. The molecule has 1 unspecified atom stereocenters. The zero-order valence-corrected chi connectivity index (χ0v) is 9.11. The highest BCUT2D eigenvalue weighted by Gasteiger charge is 2.23. The van der Waals surface area contributed by atoms with Crippen LogP contribution < -0.4 is 10.8 Å². The van der Waals surface area contributed by atoms with E-state index < -0.39 is 0 Å². The number of hydrogen-bond donors (Lipinski definition) is 2. The number of amides is 1. The van der Waals surface area contributed by atoms with Crippen molar-refractivity contribution < 1.29 is 9.63 Å². The number of hydrogen-bond acceptors (Lipinski definition) is 3. The second-order valence-corrected chi connectivity index (χ2v) is 3.88. The Bertz CT molecular complexity index is 340. The maximum Gasteiger partial charge on any atom is 0.223 e. The number of anilines is 1. The quantitative estimate of drug-likeness (QED) is 0.585. The molecule has 1 aromatic carbocycles. The van der Waals surface area contributed by atoms with Crippen molar-refractivity contribution in [3.8, 4) is 0 Å². The monoisotopic (exact) mass is 220 g/mol. The van der Waals surface area contributed by atoms with Crippen molar-refractivity contribution in [2.75, 3.05) is 18.6 Å². The fourth-order valence-corrected chi connectivity index (χ4v) is 1.76. The van der Waals surface area contributed by atoms with E-state index in [0.29, 0.717) is 6.61 Å². The molecule has 1 aliphatic rings. The summed E-state index contributed by atoms with van der Waals surface area (Å²) < 4.78 is 0. The van der Waals surface area contributed by atoms with Crippen molar-refractivity contribution in [1.82, 2.24) is 5.32 Å². The lowest BCUT2D eigenvalue weighted by Gasteiger charge is -2.08. The normalized spacial score (nSPS) is 19.5. The molecule has 1 atom stereocenters. The Morgan fingerprint density at radius 1 is 1.38 bits per heavy atom. The topological polar surface area (TPSA) is 50.4 Å². The fourth-order valence-electron chi connectivity index (χ4n) is 1.76. The van der Waals surface area contributed by atoms with E-state index in [4.69, 9.17) is 4.84 Å². The number of nitrogens with one attached hydrogen (secondary N) is 2. The summed E-state index contributed by atoms with van der Waals surface area (Å²) in [6.45, 7) is 1.35. The lowest BCUT2D eigenvalue weighted by atomic mass is 10.1. The van der Waals surface area contributed by atoms with Crippen molar-refractivity contribution in [1.29, 1.82) is 0 Å². The van der Waals surface area contributed by atoms with Crippen LogP contribution in [-0.4, -0.2) is 19.1 Å². The molecular weight excluding hydrogens is 204 g/mol. The molecule has 1 aliphatic heterocycles. The van der Waals surface area contributed by atoms with E-state index in [2.05, 4.69) is 10.8 Å². The Morgan fingerprint density at radius 2 is 2.19 bits per heavy atom. The standard InChI is InChI=1S/C12H16N2O2/c15-12-10(6-8-13-12)7-9-16-14-11-4-2-1-3-5-11/h1-5,10,14H,6-9H2,(H,13,15). The summed E-state index contributed by atoms with van der Waals surface area (Å²) in [6, 6.07) is 9.70. The molecular formula is C12H16N2O2. The van der Waals surface area contributed by atoms with E-state index in [1.54, 1.807) is 0 Å². The zero-order valence-electron chi connectivity index (χ0n) is 9.11. The summed E-state index contributed by atoms with van der Waals surface area (Å²) in [7, 11) is 0. The summed E-state index contributed by atoms with van der Waals surface area (Å²) in [5.41, 5.74) is 3.78. The number of benzene rings is 1. The molecule has 16 heavy (non-hydrogen) atoms. The Morgan fingerprint density at radius 3 is 2.88 bits per heavy atom. The van der Waals surface area contributed by atoms with Gasteiger partial charge in [-0.15, -0.1) is 0 Å². The van der Waals surface area contributed by atoms with Gasteiger partial charge in [-0.2, -0.15) is 0 Å². The lowest BCUT2D eigenvalue weighted by Crippen LogP contribution is -2.20. The Balaban J connectivity index is 1.64. The van der Waals surface area contributed by atoms with Gasteiger partial charge < -0.3 is 5.32 Å². The molecule has 4 nitrogen and oxygen atoms in total. The number of para-hydroxylation sites is 1. The highest BCUT2D eigenvalue weighted by atomic mass is 16.6. The van der Waals surface area contributed by atoms with Crippen LogP contribution in [0, 0.1) is 5.92 Å². The second-order valence-electron chi connectivity index (χ2n) is 3.88. The number of carbonyl (C=O) groups excluding carboxylic acids is 1. The maximum absolute atomic E-state index is 11.3. The molecule has 2 rings (SSSR count). The van der Waals surface area contributed by atoms with E-state index >= 15 is 0 Å². The summed E-state index contributed by atoms with van der Waals surface area (Å²) >= 11 is 0. The van der Waals surface area contributed by atoms with Gasteiger partial charge >= 0.3 is 0 Å². The molecule has 1 aromatic rings. The molecule has 1 heterocycles. The molecule has 2 N–H and O–H groups in total. The summed E-state index contributed by atoms with van der Waals surface area (Å²) in [6.07, 6.45) is 1.69. The van der Waals surface area contributed by atoms with Gasteiger partial charge in [0, 0.05) is 12.5 Å². The van der Waals surface area contributed by atoms with Gasteiger partial charge in [-0.1, -0.05) is 18.2 Å². The van der Waals surface area contributed by atoms with E-state index in [1.165, 1.54) is 0 Å². The lowest BCUT2D eigenvalue weighted by molar-refractivity contribution is -0.122. The van der Waals surface area contributed by atoms with E-state index in [1.807, 2.05) is 30.3 Å². The predicted molar refractivity (Wildman–Crippen MR) is 61.8 cm³/mol. The van der Waals surface area contributed by atoms with Crippen LogP contribution in [0.3, 0.4) is 0 Å². The van der Waals surface area contributed by atoms with Crippen molar-refractivity contribution in [3.63, 3.8) is 0 Å². The van der Waals surface area contributed by atoms with Crippen LogP contribution in [0.4, 0.5) is 5.69 Å². The average Bonchev–Trinajstić information content (AvgIpc) is 2.72. The van der Waals surface area contributed by atoms with Gasteiger partial charge in [-0.3, -0.25) is 15.1 Å². The third-order valence-corrected chi connectivity index (χ3v) is 2.70. The molecule has 4 heteroatoms. The van der Waals surface area contributed by atoms with E-state index in [0.717, 1.165) is 25.1 Å². The van der Waals surface area contributed by atoms with Gasteiger partial charge in [0.25, 0.3) is 0 Å². The first kappa shape index (κ1) is 11.0. The minimum atomic E-state index is 0.123. The van der Waals surface area contributed by atoms with Crippen molar-refractivity contribution in [3.05, 3.63) is 30.3 Å². The predicted octanol–water partition coefficient (Wildman–Crippen LogP) is 1.56. The Kier molecular flexibility index (Phi) is 3.77. The Hall–Kier alpha value is -1.55. The van der Waals surface area contributed by atoms with Crippen LogP contribution in [0.15, 0.2) is 30.3 Å². The van der Waals surface area contributed by atoms with Gasteiger partial charge in [0.05, 0.1) is 12.3 Å².